The molecule has 0 radical (unpaired) electrons. The van der Waals surface area contributed by atoms with Gasteiger partial charge in [-0.1, -0.05) is 11.6 Å². The number of hydrogen-bond donors (Lipinski definition) is 1. The molecule has 5 nitrogen and oxygen atoms in total. The number of nitrogens with one attached hydrogen (secondary N) is 1. The highest BCUT2D eigenvalue weighted by atomic mass is 16.2. The molecule has 0 fully saturated rings. The SMILES string of the molecule is CNC(=O)C[C@H](C)N(C)C(=O)c1cc(C)nc2c(C)cc(C)cc12. The van der Waals surface area contributed by atoms with Gasteiger partial charge in [-0.15, -0.1) is 0 Å². The lowest BCUT2D eigenvalue weighted by Gasteiger charge is -2.25. The molecule has 0 saturated carbocycles. The first kappa shape index (κ1) is 17.9. The number of carbonyl (C=O) groups excluding carboxylic acids is 2. The summed E-state index contributed by atoms with van der Waals surface area (Å²) in [7, 11) is 3.34. The molecule has 0 aliphatic heterocycles. The van der Waals surface area contributed by atoms with E-state index >= 15 is 0 Å². The molecule has 0 unspecified atom stereocenters. The first-order valence-corrected chi connectivity index (χ1v) is 8.11. The summed E-state index contributed by atoms with van der Waals surface area (Å²) < 4.78 is 0. The minimum Gasteiger partial charge on any atom is -0.359 e. The zero-order valence-electron chi connectivity index (χ0n) is 15.2. The molecule has 5 heteroatoms. The van der Waals surface area contributed by atoms with E-state index in [9.17, 15) is 9.59 Å². The van der Waals surface area contributed by atoms with E-state index < -0.39 is 0 Å². The molecule has 0 bridgehead atoms. The Morgan fingerprint density at radius 2 is 1.88 bits per heavy atom. The molecule has 1 N–H and O–H groups in total. The summed E-state index contributed by atoms with van der Waals surface area (Å²) in [5, 5.41) is 3.46. The van der Waals surface area contributed by atoms with Crippen molar-refractivity contribution in [3.05, 3.63) is 40.6 Å². The maximum absolute atomic E-state index is 13.0. The average Bonchev–Trinajstić information content (AvgIpc) is 2.53. The number of aryl methyl sites for hydroxylation is 3. The van der Waals surface area contributed by atoms with Crippen molar-refractivity contribution in [1.82, 2.24) is 15.2 Å². The lowest BCUT2D eigenvalue weighted by atomic mass is 10.0. The fraction of sp³-hybridized carbons (Fsp3) is 0.421. The van der Waals surface area contributed by atoms with Crippen molar-refractivity contribution in [1.29, 1.82) is 0 Å². The molecular weight excluding hydrogens is 302 g/mol. The Balaban J connectivity index is 2.47. The second kappa shape index (κ2) is 6.99. The first-order chi connectivity index (χ1) is 11.2. The van der Waals surface area contributed by atoms with Crippen molar-refractivity contribution in [3.8, 4) is 0 Å². The Hall–Kier alpha value is -2.43. The third-order valence-corrected chi connectivity index (χ3v) is 4.35. The van der Waals surface area contributed by atoms with Crippen LogP contribution in [-0.4, -0.2) is 41.8 Å². The van der Waals surface area contributed by atoms with Crippen LogP contribution in [-0.2, 0) is 4.79 Å². The fourth-order valence-electron chi connectivity index (χ4n) is 2.88. The van der Waals surface area contributed by atoms with Crippen LogP contribution in [0.4, 0.5) is 0 Å². The van der Waals surface area contributed by atoms with Gasteiger partial charge in [0.2, 0.25) is 5.91 Å². The van der Waals surface area contributed by atoms with Crippen molar-refractivity contribution in [2.45, 2.75) is 40.2 Å². The van der Waals surface area contributed by atoms with Crippen molar-refractivity contribution in [3.63, 3.8) is 0 Å². The topological polar surface area (TPSA) is 62.3 Å². The van der Waals surface area contributed by atoms with Gasteiger partial charge < -0.3 is 10.2 Å². The van der Waals surface area contributed by atoms with Gasteiger partial charge in [0.15, 0.2) is 0 Å². The standard InChI is InChI=1S/C19H25N3O2/c1-11-7-12(2)18-15(8-11)16(9-13(3)21-18)19(24)22(6)14(4)10-17(23)20-5/h7-9,14H,10H2,1-6H3,(H,20,23)/t14-/m0/s1. The van der Waals surface area contributed by atoms with Crippen LogP contribution in [0.1, 0.15) is 40.5 Å². The van der Waals surface area contributed by atoms with Gasteiger partial charge in [-0.2, -0.15) is 0 Å². The van der Waals surface area contributed by atoms with Gasteiger partial charge in [0.1, 0.15) is 0 Å². The minimum absolute atomic E-state index is 0.0791. The number of hydrogen-bond acceptors (Lipinski definition) is 3. The predicted octanol–water partition coefficient (Wildman–Crippen LogP) is 2.76. The maximum Gasteiger partial charge on any atom is 0.254 e. The number of fused-ring (bicyclic) bond motifs is 1. The van der Waals surface area contributed by atoms with E-state index in [2.05, 4.69) is 16.4 Å². The summed E-state index contributed by atoms with van der Waals surface area (Å²) in [6, 6.07) is 5.71. The van der Waals surface area contributed by atoms with E-state index in [1.54, 1.807) is 19.0 Å². The van der Waals surface area contributed by atoms with Crippen LogP contribution < -0.4 is 5.32 Å². The Kier molecular flexibility index (Phi) is 5.22. The summed E-state index contributed by atoms with van der Waals surface area (Å²) in [5.41, 5.74) is 4.46. The number of nitrogens with zero attached hydrogens (tertiary/aromatic N) is 2. The Labute approximate surface area is 143 Å². The molecule has 2 amide bonds. The molecular formula is C19H25N3O2. The van der Waals surface area contributed by atoms with Gasteiger partial charge >= 0.3 is 0 Å². The van der Waals surface area contributed by atoms with Crippen molar-refractivity contribution >= 4 is 22.7 Å². The maximum atomic E-state index is 13.0. The molecule has 0 aliphatic carbocycles. The Bertz CT molecular complexity index is 799. The molecule has 1 atom stereocenters. The fourth-order valence-corrected chi connectivity index (χ4v) is 2.88. The lowest BCUT2D eigenvalue weighted by Crippen LogP contribution is -2.38. The van der Waals surface area contributed by atoms with E-state index in [1.807, 2.05) is 39.8 Å². The third kappa shape index (κ3) is 3.55. The van der Waals surface area contributed by atoms with Gasteiger partial charge in [-0.05, 0) is 45.4 Å². The molecule has 24 heavy (non-hydrogen) atoms. The van der Waals surface area contributed by atoms with Crippen LogP contribution >= 0.6 is 0 Å². The van der Waals surface area contributed by atoms with Gasteiger partial charge in [0.05, 0.1) is 11.1 Å². The second-order valence-electron chi connectivity index (χ2n) is 6.43. The second-order valence-corrected chi connectivity index (χ2v) is 6.43. The van der Waals surface area contributed by atoms with E-state index in [0.29, 0.717) is 5.56 Å². The highest BCUT2D eigenvalue weighted by Crippen LogP contribution is 2.25. The summed E-state index contributed by atoms with van der Waals surface area (Å²) in [6.45, 7) is 7.79. The molecule has 0 aliphatic rings. The smallest absolute Gasteiger partial charge is 0.254 e. The van der Waals surface area contributed by atoms with Crippen molar-refractivity contribution in [2.75, 3.05) is 14.1 Å². The van der Waals surface area contributed by atoms with Crippen LogP contribution in [0.25, 0.3) is 10.9 Å². The number of amides is 2. The van der Waals surface area contributed by atoms with Crippen LogP contribution in [0, 0.1) is 20.8 Å². The van der Waals surface area contributed by atoms with Crippen LogP contribution in [0.2, 0.25) is 0 Å². The number of pyridine rings is 1. The summed E-state index contributed by atoms with van der Waals surface area (Å²) in [4.78, 5) is 30.8. The molecule has 2 aromatic rings. The number of rotatable bonds is 4. The molecule has 0 spiro atoms. The Morgan fingerprint density at radius 1 is 1.21 bits per heavy atom. The minimum atomic E-state index is -0.188. The van der Waals surface area contributed by atoms with Crippen LogP contribution in [0.5, 0.6) is 0 Å². The quantitative estimate of drug-likeness (QED) is 0.939. The third-order valence-electron chi connectivity index (χ3n) is 4.35. The summed E-state index contributed by atoms with van der Waals surface area (Å²) in [5.74, 6) is -0.170. The van der Waals surface area contributed by atoms with E-state index in [-0.39, 0.29) is 24.3 Å². The summed E-state index contributed by atoms with van der Waals surface area (Å²) >= 11 is 0. The van der Waals surface area contributed by atoms with Crippen molar-refractivity contribution < 1.29 is 9.59 Å². The Morgan fingerprint density at radius 3 is 2.50 bits per heavy atom. The van der Waals surface area contributed by atoms with E-state index in [4.69, 9.17) is 0 Å². The number of aromatic nitrogens is 1. The average molecular weight is 327 g/mol. The number of benzene rings is 1. The van der Waals surface area contributed by atoms with Gasteiger partial charge in [-0.3, -0.25) is 14.6 Å². The van der Waals surface area contributed by atoms with Gasteiger partial charge in [0, 0.05) is 37.6 Å². The zero-order valence-corrected chi connectivity index (χ0v) is 15.2. The monoisotopic (exact) mass is 327 g/mol. The van der Waals surface area contributed by atoms with E-state index in [0.717, 1.165) is 27.7 Å². The molecule has 2 rings (SSSR count). The molecule has 1 aromatic heterocycles. The first-order valence-electron chi connectivity index (χ1n) is 8.11. The molecule has 1 heterocycles. The highest BCUT2D eigenvalue weighted by Gasteiger charge is 2.22. The molecule has 128 valence electrons. The summed E-state index contributed by atoms with van der Waals surface area (Å²) in [6.07, 6.45) is 0.277. The van der Waals surface area contributed by atoms with Crippen molar-refractivity contribution in [2.24, 2.45) is 0 Å². The van der Waals surface area contributed by atoms with Crippen LogP contribution in [0.15, 0.2) is 18.2 Å². The predicted molar refractivity (Wildman–Crippen MR) is 96.2 cm³/mol. The highest BCUT2D eigenvalue weighted by molar-refractivity contribution is 6.07. The van der Waals surface area contributed by atoms with Crippen LogP contribution in [0.3, 0.4) is 0 Å². The zero-order chi connectivity index (χ0) is 18.0. The van der Waals surface area contributed by atoms with Gasteiger partial charge in [0.25, 0.3) is 5.91 Å². The largest absolute Gasteiger partial charge is 0.359 e. The lowest BCUT2D eigenvalue weighted by molar-refractivity contribution is -0.121. The van der Waals surface area contributed by atoms with Gasteiger partial charge in [-0.25, -0.2) is 0 Å². The molecule has 0 saturated heterocycles. The normalized spacial score (nSPS) is 12.1. The number of carbonyl (C=O) groups is 2. The van der Waals surface area contributed by atoms with E-state index in [1.165, 1.54) is 0 Å². The molecule has 1 aromatic carbocycles.